The Kier molecular flexibility index (Phi) is 6.32. The number of rotatable bonds is 8. The number of hydrogen-bond acceptors (Lipinski definition) is 4. The standard InChI is InChI=1S/C14H18N2O5/c1-10(6-7-13(17)18)8-9-15-14(19)11-4-2-3-5-12(11)16(20)21/h2-5,10H,6-9H2,1H3,(H,15,19)(H,17,18). The maximum absolute atomic E-state index is 11.9. The summed E-state index contributed by atoms with van der Waals surface area (Å²) in [6.45, 7) is 2.26. The SMILES string of the molecule is CC(CCNC(=O)c1ccccc1[N+](=O)[O-])CCC(=O)O. The van der Waals surface area contributed by atoms with Crippen molar-refractivity contribution in [2.75, 3.05) is 6.54 Å². The van der Waals surface area contributed by atoms with Crippen LogP contribution in [-0.4, -0.2) is 28.5 Å². The third-order valence-corrected chi connectivity index (χ3v) is 3.12. The fraction of sp³-hybridized carbons (Fsp3) is 0.429. The van der Waals surface area contributed by atoms with E-state index in [4.69, 9.17) is 5.11 Å². The van der Waals surface area contributed by atoms with Crippen LogP contribution < -0.4 is 5.32 Å². The number of amides is 1. The van der Waals surface area contributed by atoms with E-state index in [1.165, 1.54) is 18.2 Å². The number of carbonyl (C=O) groups excluding carboxylic acids is 1. The summed E-state index contributed by atoms with van der Waals surface area (Å²) in [4.78, 5) is 32.6. The number of nitro benzene ring substituents is 1. The second-order valence-corrected chi connectivity index (χ2v) is 4.86. The van der Waals surface area contributed by atoms with E-state index in [0.29, 0.717) is 19.4 Å². The number of nitrogens with zero attached hydrogens (tertiary/aromatic N) is 1. The molecular weight excluding hydrogens is 276 g/mol. The van der Waals surface area contributed by atoms with Gasteiger partial charge >= 0.3 is 5.97 Å². The molecule has 1 amide bonds. The highest BCUT2D eigenvalue weighted by Gasteiger charge is 2.18. The topological polar surface area (TPSA) is 110 Å². The molecule has 7 nitrogen and oxygen atoms in total. The summed E-state index contributed by atoms with van der Waals surface area (Å²) in [7, 11) is 0. The molecule has 0 radical (unpaired) electrons. The van der Waals surface area contributed by atoms with E-state index >= 15 is 0 Å². The minimum absolute atomic E-state index is 0.0284. The van der Waals surface area contributed by atoms with Gasteiger partial charge < -0.3 is 10.4 Å². The molecule has 1 aromatic carbocycles. The van der Waals surface area contributed by atoms with Crippen molar-refractivity contribution < 1.29 is 19.6 Å². The van der Waals surface area contributed by atoms with Crippen LogP contribution in [0.3, 0.4) is 0 Å². The van der Waals surface area contributed by atoms with Crippen LogP contribution in [0.4, 0.5) is 5.69 Å². The van der Waals surface area contributed by atoms with E-state index in [2.05, 4.69) is 5.32 Å². The summed E-state index contributed by atoms with van der Waals surface area (Å²) in [6, 6.07) is 5.76. The lowest BCUT2D eigenvalue weighted by Crippen LogP contribution is -2.26. The number of para-hydroxylation sites is 1. The third kappa shape index (κ3) is 5.60. The first-order valence-corrected chi connectivity index (χ1v) is 6.65. The number of carbonyl (C=O) groups is 2. The molecule has 1 unspecified atom stereocenters. The molecule has 7 heteroatoms. The first-order chi connectivity index (χ1) is 9.91. The van der Waals surface area contributed by atoms with Crippen LogP contribution in [0.1, 0.15) is 36.5 Å². The quantitative estimate of drug-likeness (QED) is 0.564. The van der Waals surface area contributed by atoms with E-state index in [1.807, 2.05) is 6.92 Å². The molecule has 1 atom stereocenters. The van der Waals surface area contributed by atoms with Crippen molar-refractivity contribution in [2.45, 2.75) is 26.2 Å². The fourth-order valence-corrected chi connectivity index (χ4v) is 1.87. The van der Waals surface area contributed by atoms with Gasteiger partial charge in [-0.3, -0.25) is 19.7 Å². The van der Waals surface area contributed by atoms with Gasteiger partial charge in [-0.1, -0.05) is 19.1 Å². The van der Waals surface area contributed by atoms with E-state index in [9.17, 15) is 19.7 Å². The number of nitro groups is 1. The van der Waals surface area contributed by atoms with Crippen molar-refractivity contribution in [1.29, 1.82) is 0 Å². The Bertz CT molecular complexity index is 530. The Morgan fingerprint density at radius 3 is 2.62 bits per heavy atom. The van der Waals surface area contributed by atoms with Crippen LogP contribution in [0.5, 0.6) is 0 Å². The summed E-state index contributed by atoms with van der Waals surface area (Å²) in [5.41, 5.74) is -0.199. The number of carboxylic acids is 1. The number of aliphatic carboxylic acids is 1. The third-order valence-electron chi connectivity index (χ3n) is 3.12. The normalized spacial score (nSPS) is 11.7. The monoisotopic (exact) mass is 294 g/mol. The van der Waals surface area contributed by atoms with Crippen LogP contribution in [-0.2, 0) is 4.79 Å². The summed E-state index contributed by atoms with van der Waals surface area (Å²) < 4.78 is 0. The minimum atomic E-state index is -0.842. The predicted octanol–water partition coefficient (Wildman–Crippen LogP) is 2.22. The van der Waals surface area contributed by atoms with Gasteiger partial charge in [0, 0.05) is 19.0 Å². The van der Waals surface area contributed by atoms with Crippen LogP contribution in [0, 0.1) is 16.0 Å². The largest absolute Gasteiger partial charge is 0.481 e. The molecule has 0 spiro atoms. The molecular formula is C14H18N2O5. The summed E-state index contributed by atoms with van der Waals surface area (Å²) >= 11 is 0. The second kappa shape index (κ2) is 7.98. The average molecular weight is 294 g/mol. The maximum Gasteiger partial charge on any atom is 0.303 e. The van der Waals surface area contributed by atoms with Gasteiger partial charge in [-0.25, -0.2) is 0 Å². The molecule has 21 heavy (non-hydrogen) atoms. The van der Waals surface area contributed by atoms with E-state index in [1.54, 1.807) is 6.07 Å². The molecule has 0 saturated heterocycles. The average Bonchev–Trinajstić information content (AvgIpc) is 2.44. The van der Waals surface area contributed by atoms with Crippen LogP contribution >= 0.6 is 0 Å². The number of carboxylic acid groups (broad SMARTS) is 1. The lowest BCUT2D eigenvalue weighted by atomic mass is 10.0. The van der Waals surface area contributed by atoms with Crippen molar-refractivity contribution in [3.63, 3.8) is 0 Å². The van der Waals surface area contributed by atoms with E-state index < -0.39 is 16.8 Å². The smallest absolute Gasteiger partial charge is 0.303 e. The molecule has 1 aromatic rings. The van der Waals surface area contributed by atoms with Gasteiger partial charge in [-0.05, 0) is 24.8 Å². The van der Waals surface area contributed by atoms with Crippen molar-refractivity contribution in [3.05, 3.63) is 39.9 Å². The van der Waals surface area contributed by atoms with Gasteiger partial charge in [-0.2, -0.15) is 0 Å². The zero-order chi connectivity index (χ0) is 15.8. The molecule has 0 aliphatic carbocycles. The summed E-state index contributed by atoms with van der Waals surface area (Å²) in [5, 5.41) is 22.0. The van der Waals surface area contributed by atoms with E-state index in [0.717, 1.165) is 0 Å². The Morgan fingerprint density at radius 1 is 1.33 bits per heavy atom. The van der Waals surface area contributed by atoms with E-state index in [-0.39, 0.29) is 23.6 Å². The minimum Gasteiger partial charge on any atom is -0.481 e. The molecule has 2 N–H and O–H groups in total. The number of hydrogen-bond donors (Lipinski definition) is 2. The number of nitrogens with one attached hydrogen (secondary N) is 1. The van der Waals surface area contributed by atoms with Gasteiger partial charge in [-0.15, -0.1) is 0 Å². The Hall–Kier alpha value is -2.44. The van der Waals surface area contributed by atoms with Gasteiger partial charge in [0.05, 0.1) is 4.92 Å². The van der Waals surface area contributed by atoms with Gasteiger partial charge in [0.2, 0.25) is 0 Å². The molecule has 0 aliphatic rings. The highest BCUT2D eigenvalue weighted by atomic mass is 16.6. The predicted molar refractivity (Wildman–Crippen MR) is 76.1 cm³/mol. The van der Waals surface area contributed by atoms with Crippen molar-refractivity contribution in [1.82, 2.24) is 5.32 Å². The zero-order valence-corrected chi connectivity index (χ0v) is 11.7. The fourth-order valence-electron chi connectivity index (χ4n) is 1.87. The lowest BCUT2D eigenvalue weighted by Gasteiger charge is -2.10. The molecule has 1 rings (SSSR count). The lowest BCUT2D eigenvalue weighted by molar-refractivity contribution is -0.385. The Balaban J connectivity index is 2.48. The zero-order valence-electron chi connectivity index (χ0n) is 11.7. The Labute approximate surface area is 122 Å². The highest BCUT2D eigenvalue weighted by molar-refractivity contribution is 5.98. The van der Waals surface area contributed by atoms with Crippen molar-refractivity contribution in [2.24, 2.45) is 5.92 Å². The van der Waals surface area contributed by atoms with Crippen molar-refractivity contribution >= 4 is 17.6 Å². The summed E-state index contributed by atoms with van der Waals surface area (Å²) in [6.07, 6.45) is 1.26. The molecule has 0 saturated carbocycles. The molecule has 0 aliphatic heterocycles. The molecule has 0 heterocycles. The van der Waals surface area contributed by atoms with Crippen LogP contribution in [0.25, 0.3) is 0 Å². The first kappa shape index (κ1) is 16.6. The first-order valence-electron chi connectivity index (χ1n) is 6.65. The maximum atomic E-state index is 11.9. The van der Waals surface area contributed by atoms with Gasteiger partial charge in [0.25, 0.3) is 11.6 Å². The highest BCUT2D eigenvalue weighted by Crippen LogP contribution is 2.17. The second-order valence-electron chi connectivity index (χ2n) is 4.86. The van der Waals surface area contributed by atoms with Crippen molar-refractivity contribution in [3.8, 4) is 0 Å². The van der Waals surface area contributed by atoms with Crippen LogP contribution in [0.15, 0.2) is 24.3 Å². The number of benzene rings is 1. The molecule has 0 bridgehead atoms. The van der Waals surface area contributed by atoms with Gasteiger partial charge in [0.1, 0.15) is 5.56 Å². The Morgan fingerprint density at radius 2 is 2.00 bits per heavy atom. The van der Waals surface area contributed by atoms with Gasteiger partial charge in [0.15, 0.2) is 0 Å². The molecule has 114 valence electrons. The molecule has 0 fully saturated rings. The molecule has 0 aromatic heterocycles. The summed E-state index contributed by atoms with van der Waals surface area (Å²) in [5.74, 6) is -1.18. The van der Waals surface area contributed by atoms with Crippen LogP contribution in [0.2, 0.25) is 0 Å².